The van der Waals surface area contributed by atoms with Crippen molar-refractivity contribution in [3.05, 3.63) is 99.0 Å². The second-order valence-electron chi connectivity index (χ2n) is 12.2. The Labute approximate surface area is 281 Å². The van der Waals surface area contributed by atoms with Crippen LogP contribution in [0.5, 0.6) is 5.75 Å². The molecule has 0 atom stereocenters. The molecule has 7 rings (SSSR count). The number of hydrogen-bond donors (Lipinski definition) is 1. The monoisotopic (exact) mass is 671 g/mol. The van der Waals surface area contributed by atoms with E-state index in [0.717, 1.165) is 68.6 Å². The van der Waals surface area contributed by atoms with Gasteiger partial charge in [0.1, 0.15) is 17.3 Å². The van der Waals surface area contributed by atoms with Gasteiger partial charge in [-0.05, 0) is 80.0 Å². The highest BCUT2D eigenvalue weighted by Gasteiger charge is 2.27. The molecule has 8 nitrogen and oxygen atoms in total. The maximum Gasteiger partial charge on any atom is 0.352 e. The molecule has 8 bridgehead atoms. The minimum atomic E-state index is -1.01. The molecule has 0 amide bonds. The number of thioether (sulfide) groups is 1. The van der Waals surface area contributed by atoms with Crippen LogP contribution >= 0.6 is 23.4 Å². The van der Waals surface area contributed by atoms with Crippen LogP contribution in [0.3, 0.4) is 0 Å². The van der Waals surface area contributed by atoms with Crippen LogP contribution in [0.2, 0.25) is 5.02 Å². The largest absolute Gasteiger partial charge is 0.493 e. The third kappa shape index (κ3) is 5.57. The zero-order valence-corrected chi connectivity index (χ0v) is 28.3. The molecule has 11 heteroatoms. The Hall–Kier alpha value is -4.28. The van der Waals surface area contributed by atoms with E-state index >= 15 is 4.39 Å². The molecule has 242 valence electrons. The normalized spacial score (nSPS) is 14.3. The molecule has 1 aliphatic heterocycles. The van der Waals surface area contributed by atoms with Crippen molar-refractivity contribution < 1.29 is 19.0 Å². The summed E-state index contributed by atoms with van der Waals surface area (Å²) in [5.74, 6) is 0.481. The summed E-state index contributed by atoms with van der Waals surface area (Å²) in [5.41, 5.74) is 8.36. The smallest absolute Gasteiger partial charge is 0.352 e. The molecule has 0 radical (unpaired) electrons. The topological polar surface area (TPSA) is 87.1 Å². The quantitative estimate of drug-likeness (QED) is 0.190. The lowest BCUT2D eigenvalue weighted by atomic mass is 9.97. The number of aromatic carboxylic acids is 1. The Morgan fingerprint density at radius 1 is 1.00 bits per heavy atom. The highest BCUT2D eigenvalue weighted by Crippen LogP contribution is 2.43. The van der Waals surface area contributed by atoms with E-state index in [-0.39, 0.29) is 18.1 Å². The number of nitrogens with zero attached hydrogens (tertiary/aromatic N) is 5. The van der Waals surface area contributed by atoms with Crippen molar-refractivity contribution in [2.45, 2.75) is 51.2 Å². The maximum absolute atomic E-state index is 15.1. The summed E-state index contributed by atoms with van der Waals surface area (Å²) in [6.45, 7) is 4.53. The zero-order valence-electron chi connectivity index (χ0n) is 26.7. The van der Waals surface area contributed by atoms with E-state index in [9.17, 15) is 9.90 Å². The number of ether oxygens (including phenoxy) is 1. The van der Waals surface area contributed by atoms with Crippen LogP contribution in [0.25, 0.3) is 32.8 Å². The minimum Gasteiger partial charge on any atom is -0.493 e. The van der Waals surface area contributed by atoms with E-state index in [2.05, 4.69) is 6.07 Å². The molecule has 0 spiro atoms. The molecule has 3 aromatic heterocycles. The predicted octanol–water partition coefficient (Wildman–Crippen LogP) is 8.04. The Morgan fingerprint density at radius 3 is 2.64 bits per heavy atom. The van der Waals surface area contributed by atoms with Gasteiger partial charge in [-0.25, -0.2) is 9.18 Å². The van der Waals surface area contributed by atoms with E-state index in [0.29, 0.717) is 46.2 Å². The van der Waals surface area contributed by atoms with Crippen LogP contribution in [-0.4, -0.2) is 41.8 Å². The van der Waals surface area contributed by atoms with Crippen molar-refractivity contribution >= 4 is 51.0 Å². The summed E-state index contributed by atoms with van der Waals surface area (Å²) in [5, 5.41) is 22.7. The van der Waals surface area contributed by atoms with E-state index in [4.69, 9.17) is 26.5 Å². The molecule has 4 heterocycles. The number of halogens is 2. The second-order valence-corrected chi connectivity index (χ2v) is 13.5. The fourth-order valence-corrected chi connectivity index (χ4v) is 8.03. The van der Waals surface area contributed by atoms with Gasteiger partial charge in [0.2, 0.25) is 0 Å². The first kappa shape index (κ1) is 31.3. The Kier molecular flexibility index (Phi) is 8.26. The number of carboxylic acids is 1. The van der Waals surface area contributed by atoms with Gasteiger partial charge in [0, 0.05) is 70.6 Å². The van der Waals surface area contributed by atoms with Crippen molar-refractivity contribution in [3.8, 4) is 16.9 Å². The number of hydrogen-bond acceptors (Lipinski definition) is 5. The third-order valence-electron chi connectivity index (χ3n) is 9.20. The van der Waals surface area contributed by atoms with Crippen LogP contribution in [0.4, 0.5) is 4.39 Å². The number of carbonyl (C=O) groups is 1. The summed E-state index contributed by atoms with van der Waals surface area (Å²) in [6.07, 6.45) is 2.02. The molecule has 6 aromatic rings. The molecule has 0 unspecified atom stereocenters. The summed E-state index contributed by atoms with van der Waals surface area (Å²) in [4.78, 5) is 12.7. The molecule has 1 N–H and O–H groups in total. The second kappa shape index (κ2) is 12.4. The molecule has 47 heavy (non-hydrogen) atoms. The Balaban J connectivity index is 1.37. The van der Waals surface area contributed by atoms with Crippen LogP contribution in [-0.2, 0) is 45.0 Å². The summed E-state index contributed by atoms with van der Waals surface area (Å²) >= 11 is 8.70. The van der Waals surface area contributed by atoms with Crippen molar-refractivity contribution in [2.75, 3.05) is 6.61 Å². The molecule has 0 fully saturated rings. The number of rotatable bonds is 1. The van der Waals surface area contributed by atoms with Gasteiger partial charge in [-0.1, -0.05) is 29.8 Å². The van der Waals surface area contributed by atoms with E-state index in [1.165, 1.54) is 6.07 Å². The molecule has 0 saturated carbocycles. The maximum atomic E-state index is 15.1. The number of benzene rings is 3. The zero-order chi connectivity index (χ0) is 33.0. The van der Waals surface area contributed by atoms with E-state index < -0.39 is 5.97 Å². The first-order chi connectivity index (χ1) is 22.6. The van der Waals surface area contributed by atoms with Gasteiger partial charge in [-0.2, -0.15) is 10.2 Å². The lowest BCUT2D eigenvalue weighted by Gasteiger charge is -2.14. The fourth-order valence-electron chi connectivity index (χ4n) is 6.93. The van der Waals surface area contributed by atoms with Crippen LogP contribution in [0.1, 0.15) is 50.8 Å². The first-order valence-corrected chi connectivity index (χ1v) is 17.2. The SMILES string of the molecule is Cc1c(C(=O)O)n2c3ccc(Cl)c(c13)-c1c(nn(C)c1C)CSCc1cc(n(C)n1)CCc1cc(c3c(F)cccc3c1)OCCC2. The number of aromatic nitrogens is 5. The van der Waals surface area contributed by atoms with Crippen molar-refractivity contribution in [1.29, 1.82) is 0 Å². The number of carboxylic acid groups (broad SMARTS) is 1. The number of fused-ring (bicyclic) bond motifs is 8. The highest BCUT2D eigenvalue weighted by atomic mass is 35.5. The van der Waals surface area contributed by atoms with Crippen LogP contribution in [0, 0.1) is 19.7 Å². The van der Waals surface area contributed by atoms with Gasteiger partial charge in [0.15, 0.2) is 0 Å². The van der Waals surface area contributed by atoms with Crippen molar-refractivity contribution in [2.24, 2.45) is 14.1 Å². The van der Waals surface area contributed by atoms with Gasteiger partial charge in [-0.15, -0.1) is 11.8 Å². The van der Waals surface area contributed by atoms with E-state index in [1.54, 1.807) is 17.8 Å². The van der Waals surface area contributed by atoms with Crippen molar-refractivity contribution in [3.63, 3.8) is 0 Å². The van der Waals surface area contributed by atoms with Crippen LogP contribution in [0.15, 0.2) is 48.5 Å². The highest BCUT2D eigenvalue weighted by molar-refractivity contribution is 7.97. The minimum absolute atomic E-state index is 0.215. The molecule has 0 aliphatic carbocycles. The van der Waals surface area contributed by atoms with Gasteiger partial charge >= 0.3 is 5.97 Å². The van der Waals surface area contributed by atoms with Gasteiger partial charge in [-0.3, -0.25) is 9.36 Å². The lowest BCUT2D eigenvalue weighted by Crippen LogP contribution is -2.12. The standard InChI is InChI=1S/C36H35ClFN5O3S/c1-20-31-29-12-11-26(37)34(31)32-21(2)41(3)40-28(32)19-47-18-24-17-25(42(4)39-24)10-9-22-15-23-7-5-8-27(38)33(23)30(16-22)46-14-6-13-43(29)35(20)36(44)45/h5,7-8,11-12,15-17H,6,9-10,13-14,18-19H2,1-4H3,(H,44,45). The number of aryl methyl sites for hydroxylation is 6. The molecule has 3 aromatic carbocycles. The lowest BCUT2D eigenvalue weighted by molar-refractivity contribution is 0.0684. The average Bonchev–Trinajstić information content (AvgIpc) is 3.63. The molecule has 0 saturated heterocycles. The molecular formula is C36H35ClFN5O3S. The van der Waals surface area contributed by atoms with Gasteiger partial charge in [0.25, 0.3) is 0 Å². The summed E-state index contributed by atoms with van der Waals surface area (Å²) in [7, 11) is 3.89. The average molecular weight is 672 g/mol. The molecular weight excluding hydrogens is 637 g/mol. The first-order valence-electron chi connectivity index (χ1n) is 15.6. The van der Waals surface area contributed by atoms with Gasteiger partial charge < -0.3 is 14.4 Å². The van der Waals surface area contributed by atoms with Crippen LogP contribution < -0.4 is 4.74 Å². The Morgan fingerprint density at radius 2 is 1.83 bits per heavy atom. The summed E-state index contributed by atoms with van der Waals surface area (Å²) in [6, 6.07) is 14.9. The third-order valence-corrected chi connectivity index (χ3v) is 10.5. The van der Waals surface area contributed by atoms with Gasteiger partial charge in [0.05, 0.1) is 23.4 Å². The van der Waals surface area contributed by atoms with E-state index in [1.807, 2.05) is 72.2 Å². The summed E-state index contributed by atoms with van der Waals surface area (Å²) < 4.78 is 27.0. The van der Waals surface area contributed by atoms with Crippen molar-refractivity contribution in [1.82, 2.24) is 24.1 Å². The fraction of sp³-hybridized carbons (Fsp3) is 0.306. The predicted molar refractivity (Wildman–Crippen MR) is 185 cm³/mol. The Bertz CT molecular complexity index is 2200. The molecule has 1 aliphatic rings.